The largest absolute Gasteiger partial charge is 0.461 e. The number of ether oxygens (including phenoxy) is 1. The number of aliphatic hydroxyl groups is 1. The van der Waals surface area contributed by atoms with Crippen LogP contribution in [0.1, 0.15) is 79.2 Å². The van der Waals surface area contributed by atoms with Crippen LogP contribution in [-0.2, 0) is 16.1 Å². The molecule has 0 saturated heterocycles. The molecule has 1 N–H and O–H groups in total. The topological polar surface area (TPSA) is 46.5 Å². The van der Waals surface area contributed by atoms with Crippen molar-refractivity contribution in [1.29, 1.82) is 0 Å². The van der Waals surface area contributed by atoms with Crippen LogP contribution in [0.3, 0.4) is 0 Å². The molecule has 3 nitrogen and oxygen atoms in total. The van der Waals surface area contributed by atoms with Gasteiger partial charge in [0, 0.05) is 6.10 Å². The maximum atomic E-state index is 11.8. The van der Waals surface area contributed by atoms with Gasteiger partial charge in [-0.3, -0.25) is 4.79 Å². The van der Waals surface area contributed by atoms with E-state index in [1.807, 2.05) is 51.1 Å². The molecule has 1 rings (SSSR count). The maximum Gasteiger partial charge on any atom is 0.308 e. The fraction of sp³-hybridized carbons (Fsp3) is 0.667. The van der Waals surface area contributed by atoms with E-state index in [1.54, 1.807) is 13.8 Å². The minimum absolute atomic E-state index is 0.0190. The Labute approximate surface area is 149 Å². The average molecular weight is 339 g/mol. The van der Waals surface area contributed by atoms with Gasteiger partial charge >= 0.3 is 5.97 Å². The highest BCUT2D eigenvalue weighted by molar-refractivity contribution is 5.71. The van der Waals surface area contributed by atoms with Crippen LogP contribution < -0.4 is 0 Å². The fourth-order valence-corrected chi connectivity index (χ4v) is 1.87. The van der Waals surface area contributed by atoms with Gasteiger partial charge in [0.25, 0.3) is 0 Å². The molecule has 0 aromatic heterocycles. The summed E-state index contributed by atoms with van der Waals surface area (Å²) in [6.07, 6.45) is 5.59. The molecule has 0 amide bonds. The molecule has 3 heteroatoms. The van der Waals surface area contributed by atoms with Crippen LogP contribution in [-0.4, -0.2) is 17.2 Å². The molecule has 1 aromatic carbocycles. The van der Waals surface area contributed by atoms with Crippen LogP contribution in [0.25, 0.3) is 0 Å². The molecule has 0 aliphatic carbocycles. The summed E-state index contributed by atoms with van der Waals surface area (Å²) < 4.78 is 5.31. The molecule has 0 aliphatic heterocycles. The van der Waals surface area contributed by atoms with Gasteiger partial charge in [-0.05, 0) is 25.8 Å². The molecule has 0 fully saturated rings. The lowest BCUT2D eigenvalue weighted by Gasteiger charge is -2.11. The van der Waals surface area contributed by atoms with Gasteiger partial charge < -0.3 is 9.84 Å². The first-order valence-corrected chi connectivity index (χ1v) is 9.36. The highest BCUT2D eigenvalue weighted by Gasteiger charge is 2.13. The standard InChI is InChI=1S/C16H24O2.C3H8O.C2H6/c1-3-4-5-7-10-14(2)16(17)18-13-15-11-8-6-9-12-15;1-3(2)4;1-2/h6,8-9,11-12,14H,3-5,7,10,13H2,1-2H3;3-4H,1-2H3;1-2H3. The average Bonchev–Trinajstić information content (AvgIpc) is 2.58. The van der Waals surface area contributed by atoms with Crippen molar-refractivity contribution in [2.24, 2.45) is 5.92 Å². The molecule has 0 saturated carbocycles. The van der Waals surface area contributed by atoms with Gasteiger partial charge in [-0.15, -0.1) is 0 Å². The molecule has 1 atom stereocenters. The fourth-order valence-electron chi connectivity index (χ4n) is 1.87. The second kappa shape index (κ2) is 18.0. The lowest BCUT2D eigenvalue weighted by molar-refractivity contribution is -0.149. The smallest absolute Gasteiger partial charge is 0.308 e. The highest BCUT2D eigenvalue weighted by atomic mass is 16.5. The first kappa shape index (κ1) is 24.9. The molecule has 0 spiro atoms. The third-order valence-corrected chi connectivity index (χ3v) is 3.12. The SMILES string of the molecule is CC.CC(C)O.CCCCCCC(C)C(=O)OCc1ccccc1. The minimum Gasteiger partial charge on any atom is -0.461 e. The molecule has 0 aliphatic rings. The number of carbonyl (C=O) groups is 1. The zero-order valence-electron chi connectivity index (χ0n) is 16.5. The number of benzene rings is 1. The summed E-state index contributed by atoms with van der Waals surface area (Å²) in [6.45, 7) is 12.0. The number of hydrogen-bond acceptors (Lipinski definition) is 3. The molecule has 1 aromatic rings. The normalized spacial score (nSPS) is 10.8. The van der Waals surface area contributed by atoms with Gasteiger partial charge in [0.1, 0.15) is 6.61 Å². The summed E-state index contributed by atoms with van der Waals surface area (Å²) in [6, 6.07) is 9.81. The van der Waals surface area contributed by atoms with Gasteiger partial charge in [-0.2, -0.15) is 0 Å². The second-order valence-corrected chi connectivity index (χ2v) is 5.94. The Morgan fingerprint density at radius 3 is 2.08 bits per heavy atom. The van der Waals surface area contributed by atoms with Crippen molar-refractivity contribution in [3.8, 4) is 0 Å². The van der Waals surface area contributed by atoms with Crippen molar-refractivity contribution in [2.75, 3.05) is 0 Å². The first-order valence-electron chi connectivity index (χ1n) is 9.36. The van der Waals surface area contributed by atoms with E-state index in [1.165, 1.54) is 19.3 Å². The predicted octanol–water partition coefficient (Wildman–Crippen LogP) is 5.75. The van der Waals surface area contributed by atoms with E-state index in [4.69, 9.17) is 9.84 Å². The van der Waals surface area contributed by atoms with Crippen molar-refractivity contribution in [3.63, 3.8) is 0 Å². The van der Waals surface area contributed by atoms with Gasteiger partial charge in [0.15, 0.2) is 0 Å². The van der Waals surface area contributed by atoms with Crippen LogP contribution in [0.15, 0.2) is 30.3 Å². The van der Waals surface area contributed by atoms with Gasteiger partial charge in [-0.1, -0.05) is 83.7 Å². The lowest BCUT2D eigenvalue weighted by atomic mass is 10.0. The van der Waals surface area contributed by atoms with Crippen molar-refractivity contribution >= 4 is 5.97 Å². The number of rotatable bonds is 8. The molecular formula is C21H38O3. The molecule has 1 unspecified atom stereocenters. The quantitative estimate of drug-likeness (QED) is 0.485. The van der Waals surface area contributed by atoms with E-state index in [9.17, 15) is 4.79 Å². The summed E-state index contributed by atoms with van der Waals surface area (Å²) in [5.41, 5.74) is 1.05. The Hall–Kier alpha value is -1.35. The van der Waals surface area contributed by atoms with Crippen LogP contribution >= 0.6 is 0 Å². The van der Waals surface area contributed by atoms with E-state index in [0.29, 0.717) is 6.61 Å². The molecular weight excluding hydrogens is 300 g/mol. The van der Waals surface area contributed by atoms with Crippen LogP contribution in [0.4, 0.5) is 0 Å². The Balaban J connectivity index is 0. The molecule has 0 bridgehead atoms. The van der Waals surface area contributed by atoms with Gasteiger partial charge in [-0.25, -0.2) is 0 Å². The number of unbranched alkanes of at least 4 members (excludes halogenated alkanes) is 3. The molecule has 24 heavy (non-hydrogen) atoms. The monoisotopic (exact) mass is 338 g/mol. The summed E-state index contributed by atoms with van der Waals surface area (Å²) in [5.74, 6) is -0.0547. The highest BCUT2D eigenvalue weighted by Crippen LogP contribution is 2.13. The van der Waals surface area contributed by atoms with Crippen molar-refractivity contribution < 1.29 is 14.6 Å². The Kier molecular flexibility index (Phi) is 18.7. The molecule has 140 valence electrons. The first-order chi connectivity index (χ1) is 11.5. The summed E-state index contributed by atoms with van der Waals surface area (Å²) in [5, 5.41) is 8.06. The maximum absolute atomic E-state index is 11.8. The Morgan fingerprint density at radius 1 is 1.04 bits per heavy atom. The number of esters is 1. The van der Waals surface area contributed by atoms with E-state index in [2.05, 4.69) is 6.92 Å². The number of hydrogen-bond donors (Lipinski definition) is 1. The third kappa shape index (κ3) is 17.0. The number of aliphatic hydroxyl groups excluding tert-OH is 1. The summed E-state index contributed by atoms with van der Waals surface area (Å²) in [4.78, 5) is 11.8. The van der Waals surface area contributed by atoms with Crippen molar-refractivity contribution in [1.82, 2.24) is 0 Å². The molecule has 0 radical (unpaired) electrons. The Morgan fingerprint density at radius 2 is 1.58 bits per heavy atom. The minimum atomic E-state index is -0.167. The zero-order valence-corrected chi connectivity index (χ0v) is 16.5. The van der Waals surface area contributed by atoms with E-state index in [0.717, 1.165) is 18.4 Å². The van der Waals surface area contributed by atoms with Crippen LogP contribution in [0.2, 0.25) is 0 Å². The van der Waals surface area contributed by atoms with Gasteiger partial charge in [0.05, 0.1) is 5.92 Å². The predicted molar refractivity (Wildman–Crippen MR) is 103 cm³/mol. The summed E-state index contributed by atoms with van der Waals surface area (Å²) >= 11 is 0. The van der Waals surface area contributed by atoms with Crippen LogP contribution in [0.5, 0.6) is 0 Å². The lowest BCUT2D eigenvalue weighted by Crippen LogP contribution is -2.14. The van der Waals surface area contributed by atoms with Crippen molar-refractivity contribution in [3.05, 3.63) is 35.9 Å². The van der Waals surface area contributed by atoms with E-state index in [-0.39, 0.29) is 18.0 Å². The molecule has 0 heterocycles. The second-order valence-electron chi connectivity index (χ2n) is 5.94. The zero-order chi connectivity index (χ0) is 18.8. The summed E-state index contributed by atoms with van der Waals surface area (Å²) in [7, 11) is 0. The van der Waals surface area contributed by atoms with E-state index >= 15 is 0 Å². The van der Waals surface area contributed by atoms with Gasteiger partial charge in [0.2, 0.25) is 0 Å². The van der Waals surface area contributed by atoms with Crippen molar-refractivity contribution in [2.45, 2.75) is 86.4 Å². The third-order valence-electron chi connectivity index (χ3n) is 3.12. The van der Waals surface area contributed by atoms with E-state index < -0.39 is 0 Å². The number of carbonyl (C=O) groups excluding carboxylic acids is 1. The Bertz CT molecular complexity index is 371. The van der Waals surface area contributed by atoms with Crippen LogP contribution in [0, 0.1) is 5.92 Å².